The summed E-state index contributed by atoms with van der Waals surface area (Å²) in [5.74, 6) is -2.27. The van der Waals surface area contributed by atoms with Crippen LogP contribution in [0.25, 0.3) is 0 Å². The lowest BCUT2D eigenvalue weighted by molar-refractivity contribution is 0.0946. The first-order valence-corrected chi connectivity index (χ1v) is 5.87. The van der Waals surface area contributed by atoms with Gasteiger partial charge in [-0.3, -0.25) is 4.79 Å². The van der Waals surface area contributed by atoms with Gasteiger partial charge in [0.1, 0.15) is 5.69 Å². The third-order valence-corrected chi connectivity index (χ3v) is 2.87. The van der Waals surface area contributed by atoms with Gasteiger partial charge in [0, 0.05) is 11.9 Å². The van der Waals surface area contributed by atoms with Crippen LogP contribution in [0, 0.1) is 11.6 Å². The first-order valence-electron chi connectivity index (χ1n) is 4.99. The van der Waals surface area contributed by atoms with Crippen molar-refractivity contribution in [3.05, 3.63) is 46.5 Å². The number of aromatic nitrogens is 1. The van der Waals surface area contributed by atoms with Gasteiger partial charge in [-0.1, -0.05) is 6.07 Å². The average molecular weight is 269 g/mol. The van der Waals surface area contributed by atoms with Crippen molar-refractivity contribution in [2.45, 2.75) is 6.54 Å². The molecule has 4 nitrogen and oxygen atoms in total. The summed E-state index contributed by atoms with van der Waals surface area (Å²) in [4.78, 5) is 15.4. The van der Waals surface area contributed by atoms with Crippen LogP contribution in [0.15, 0.2) is 23.6 Å². The molecule has 0 aliphatic rings. The lowest BCUT2D eigenvalue weighted by atomic mass is 10.2. The third-order valence-electron chi connectivity index (χ3n) is 2.19. The molecule has 0 radical (unpaired) electrons. The van der Waals surface area contributed by atoms with Crippen molar-refractivity contribution in [3.63, 3.8) is 0 Å². The number of nitrogen functional groups attached to an aromatic ring is 1. The number of nitrogens with one attached hydrogen (secondary N) is 1. The molecule has 0 fully saturated rings. The van der Waals surface area contributed by atoms with E-state index in [4.69, 9.17) is 5.73 Å². The lowest BCUT2D eigenvalue weighted by Crippen LogP contribution is -2.23. The summed E-state index contributed by atoms with van der Waals surface area (Å²) >= 11 is 1.16. The molecule has 7 heteroatoms. The van der Waals surface area contributed by atoms with Crippen LogP contribution in [-0.4, -0.2) is 10.9 Å². The van der Waals surface area contributed by atoms with Gasteiger partial charge in [0.15, 0.2) is 16.8 Å². The van der Waals surface area contributed by atoms with Gasteiger partial charge < -0.3 is 11.1 Å². The van der Waals surface area contributed by atoms with E-state index >= 15 is 0 Å². The van der Waals surface area contributed by atoms with Crippen molar-refractivity contribution in [2.24, 2.45) is 0 Å². The summed E-state index contributed by atoms with van der Waals surface area (Å²) in [6.07, 6.45) is 0. The number of carbonyl (C=O) groups is 1. The number of halogens is 2. The fourth-order valence-electron chi connectivity index (χ4n) is 1.31. The van der Waals surface area contributed by atoms with Crippen molar-refractivity contribution in [3.8, 4) is 0 Å². The standard InChI is InChI=1S/C11H9F2N3OS/c12-7-2-1-6(3-8(7)13)4-15-10(17)9-5-18-11(14)16-9/h1-3,5H,4H2,(H2,14,16)(H,15,17). The SMILES string of the molecule is Nc1nc(C(=O)NCc2ccc(F)c(F)c2)cs1. The Morgan fingerprint density at radius 3 is 2.78 bits per heavy atom. The molecular weight excluding hydrogens is 260 g/mol. The second kappa shape index (κ2) is 5.09. The Morgan fingerprint density at radius 1 is 1.39 bits per heavy atom. The van der Waals surface area contributed by atoms with Gasteiger partial charge in [0.05, 0.1) is 0 Å². The van der Waals surface area contributed by atoms with E-state index in [0.29, 0.717) is 10.7 Å². The summed E-state index contributed by atoms with van der Waals surface area (Å²) in [5, 5.41) is 4.36. The van der Waals surface area contributed by atoms with E-state index in [1.54, 1.807) is 0 Å². The Morgan fingerprint density at radius 2 is 2.17 bits per heavy atom. The van der Waals surface area contributed by atoms with E-state index < -0.39 is 17.5 Å². The molecule has 2 rings (SSSR count). The van der Waals surface area contributed by atoms with E-state index in [2.05, 4.69) is 10.3 Å². The van der Waals surface area contributed by atoms with Crippen molar-refractivity contribution in [1.29, 1.82) is 0 Å². The fourth-order valence-corrected chi connectivity index (χ4v) is 1.86. The van der Waals surface area contributed by atoms with Crippen molar-refractivity contribution < 1.29 is 13.6 Å². The van der Waals surface area contributed by atoms with Gasteiger partial charge in [0.25, 0.3) is 5.91 Å². The number of amides is 1. The number of rotatable bonds is 3. The molecule has 0 aliphatic carbocycles. The minimum absolute atomic E-state index is 0.0907. The van der Waals surface area contributed by atoms with Gasteiger partial charge in [-0.15, -0.1) is 11.3 Å². The van der Waals surface area contributed by atoms with Crippen LogP contribution in [-0.2, 0) is 6.54 Å². The summed E-state index contributed by atoms with van der Waals surface area (Å²) in [6.45, 7) is 0.0907. The van der Waals surface area contributed by atoms with Gasteiger partial charge in [0.2, 0.25) is 0 Å². The van der Waals surface area contributed by atoms with Crippen molar-refractivity contribution in [1.82, 2.24) is 10.3 Å². The lowest BCUT2D eigenvalue weighted by Gasteiger charge is -2.03. The van der Waals surface area contributed by atoms with Gasteiger partial charge in [-0.25, -0.2) is 13.8 Å². The molecule has 1 amide bonds. The van der Waals surface area contributed by atoms with Gasteiger partial charge in [-0.05, 0) is 17.7 Å². The highest BCUT2D eigenvalue weighted by atomic mass is 32.1. The van der Waals surface area contributed by atoms with Crippen LogP contribution in [0.2, 0.25) is 0 Å². The van der Waals surface area contributed by atoms with Crippen LogP contribution in [0.4, 0.5) is 13.9 Å². The predicted octanol–water partition coefficient (Wildman–Crippen LogP) is 1.93. The highest BCUT2D eigenvalue weighted by Crippen LogP contribution is 2.11. The molecule has 94 valence electrons. The zero-order valence-corrected chi connectivity index (χ0v) is 9.93. The molecule has 0 saturated carbocycles. The molecule has 0 aliphatic heterocycles. The zero-order valence-electron chi connectivity index (χ0n) is 9.11. The smallest absolute Gasteiger partial charge is 0.271 e. The number of nitrogens with zero attached hydrogens (tertiary/aromatic N) is 1. The largest absolute Gasteiger partial charge is 0.375 e. The van der Waals surface area contributed by atoms with Crippen LogP contribution >= 0.6 is 11.3 Å². The minimum atomic E-state index is -0.945. The maximum atomic E-state index is 12.9. The summed E-state index contributed by atoms with van der Waals surface area (Å²) in [6, 6.07) is 3.44. The van der Waals surface area contributed by atoms with E-state index in [9.17, 15) is 13.6 Å². The summed E-state index contributed by atoms with van der Waals surface area (Å²) < 4.78 is 25.6. The average Bonchev–Trinajstić information content (AvgIpc) is 2.77. The van der Waals surface area contributed by atoms with E-state index in [1.807, 2.05) is 0 Å². The number of hydrogen-bond donors (Lipinski definition) is 2. The molecule has 0 unspecified atom stereocenters. The molecule has 0 spiro atoms. The molecular formula is C11H9F2N3OS. The number of nitrogens with two attached hydrogens (primary N) is 1. The molecule has 18 heavy (non-hydrogen) atoms. The Hall–Kier alpha value is -2.02. The van der Waals surface area contributed by atoms with Crippen LogP contribution in [0.5, 0.6) is 0 Å². The Kier molecular flexibility index (Phi) is 3.52. The number of carbonyl (C=O) groups excluding carboxylic acids is 1. The van der Waals surface area contributed by atoms with Gasteiger partial charge >= 0.3 is 0 Å². The molecule has 1 aromatic carbocycles. The second-order valence-corrected chi connectivity index (χ2v) is 4.39. The zero-order chi connectivity index (χ0) is 13.1. The molecule has 0 saturated heterocycles. The fraction of sp³-hybridized carbons (Fsp3) is 0.0909. The Bertz CT molecular complexity index is 585. The van der Waals surface area contributed by atoms with E-state index in [1.165, 1.54) is 11.4 Å². The van der Waals surface area contributed by atoms with E-state index in [-0.39, 0.29) is 12.2 Å². The monoisotopic (exact) mass is 269 g/mol. The Balaban J connectivity index is 1.99. The second-order valence-electron chi connectivity index (χ2n) is 3.50. The van der Waals surface area contributed by atoms with Crippen LogP contribution in [0.1, 0.15) is 16.1 Å². The number of benzene rings is 1. The van der Waals surface area contributed by atoms with Crippen molar-refractivity contribution in [2.75, 3.05) is 5.73 Å². The first kappa shape index (κ1) is 12.4. The first-order chi connectivity index (χ1) is 8.56. The molecule has 0 atom stereocenters. The number of anilines is 1. The normalized spacial score (nSPS) is 10.3. The molecule has 1 heterocycles. The highest BCUT2D eigenvalue weighted by Gasteiger charge is 2.09. The maximum absolute atomic E-state index is 12.9. The molecule has 1 aromatic heterocycles. The molecule has 0 bridgehead atoms. The topological polar surface area (TPSA) is 68.0 Å². The highest BCUT2D eigenvalue weighted by molar-refractivity contribution is 7.13. The summed E-state index contributed by atoms with van der Waals surface area (Å²) in [7, 11) is 0. The van der Waals surface area contributed by atoms with E-state index in [0.717, 1.165) is 23.5 Å². The number of thiazole rings is 1. The molecule has 2 aromatic rings. The third kappa shape index (κ3) is 2.80. The minimum Gasteiger partial charge on any atom is -0.375 e. The van der Waals surface area contributed by atoms with Gasteiger partial charge in [-0.2, -0.15) is 0 Å². The molecule has 3 N–H and O–H groups in total. The number of hydrogen-bond acceptors (Lipinski definition) is 4. The van der Waals surface area contributed by atoms with Crippen molar-refractivity contribution >= 4 is 22.4 Å². The maximum Gasteiger partial charge on any atom is 0.271 e. The quantitative estimate of drug-likeness (QED) is 0.894. The predicted molar refractivity (Wildman–Crippen MR) is 64.1 cm³/mol. The Labute approximate surface area is 105 Å². The van der Waals surface area contributed by atoms with Crippen LogP contribution < -0.4 is 11.1 Å². The summed E-state index contributed by atoms with van der Waals surface area (Å²) in [5.41, 5.74) is 6.07. The van der Waals surface area contributed by atoms with Crippen LogP contribution in [0.3, 0.4) is 0 Å².